The summed E-state index contributed by atoms with van der Waals surface area (Å²) in [4.78, 5) is 13.7. The first-order chi connectivity index (χ1) is 10.0. The van der Waals surface area contributed by atoms with Gasteiger partial charge in [0.25, 0.3) is 0 Å². The van der Waals surface area contributed by atoms with E-state index in [4.69, 9.17) is 0 Å². The van der Waals surface area contributed by atoms with Gasteiger partial charge < -0.3 is 0 Å². The molecule has 0 saturated carbocycles. The number of allylic oxidation sites excluding steroid dienone is 1. The van der Waals surface area contributed by atoms with Crippen LogP contribution in [0.3, 0.4) is 0 Å². The first-order valence-corrected chi connectivity index (χ1v) is 7.70. The van der Waals surface area contributed by atoms with E-state index in [0.717, 1.165) is 42.6 Å². The minimum atomic E-state index is -0.197. The van der Waals surface area contributed by atoms with Gasteiger partial charge in [-0.05, 0) is 67.6 Å². The molecule has 0 spiro atoms. The Morgan fingerprint density at radius 1 is 1.38 bits per heavy atom. The molecular weight excluding hydrogens is 265 g/mol. The molecule has 0 amide bonds. The van der Waals surface area contributed by atoms with Crippen molar-refractivity contribution in [2.45, 2.75) is 33.1 Å². The fourth-order valence-electron chi connectivity index (χ4n) is 3.01. The van der Waals surface area contributed by atoms with E-state index in [2.05, 4.69) is 11.5 Å². The molecular formula is C18H24FNO. The average molecular weight is 289 g/mol. The van der Waals surface area contributed by atoms with E-state index in [9.17, 15) is 9.18 Å². The van der Waals surface area contributed by atoms with E-state index in [1.807, 2.05) is 19.9 Å². The van der Waals surface area contributed by atoms with Crippen molar-refractivity contribution in [1.29, 1.82) is 0 Å². The lowest BCUT2D eigenvalue weighted by Gasteiger charge is -2.32. The summed E-state index contributed by atoms with van der Waals surface area (Å²) in [6.07, 6.45) is 2.65. The fourth-order valence-corrected chi connectivity index (χ4v) is 3.01. The highest BCUT2D eigenvalue weighted by molar-refractivity contribution is 5.80. The van der Waals surface area contributed by atoms with Gasteiger partial charge in [0.2, 0.25) is 0 Å². The summed E-state index contributed by atoms with van der Waals surface area (Å²) in [7, 11) is 0. The van der Waals surface area contributed by atoms with Gasteiger partial charge in [-0.25, -0.2) is 4.39 Å². The molecule has 1 fully saturated rings. The van der Waals surface area contributed by atoms with Crippen molar-refractivity contribution in [2.75, 3.05) is 19.6 Å². The smallest absolute Gasteiger partial charge is 0.146 e. The van der Waals surface area contributed by atoms with E-state index in [0.29, 0.717) is 24.7 Å². The predicted molar refractivity (Wildman–Crippen MR) is 84.6 cm³/mol. The number of ketones is 1. The molecule has 0 unspecified atom stereocenters. The van der Waals surface area contributed by atoms with Gasteiger partial charge in [0.05, 0.1) is 6.54 Å². The summed E-state index contributed by atoms with van der Waals surface area (Å²) in [5.41, 5.74) is 3.12. The third-order valence-corrected chi connectivity index (χ3v) is 4.41. The minimum Gasteiger partial charge on any atom is -0.298 e. The number of likely N-dealkylation sites (tertiary alicyclic amines) is 1. The zero-order valence-corrected chi connectivity index (χ0v) is 13.0. The highest BCUT2D eigenvalue weighted by Crippen LogP contribution is 2.32. The molecule has 3 heteroatoms. The van der Waals surface area contributed by atoms with Crippen LogP contribution in [0, 0.1) is 18.7 Å². The zero-order valence-electron chi connectivity index (χ0n) is 13.0. The molecule has 0 N–H and O–H groups in total. The van der Waals surface area contributed by atoms with Crippen LogP contribution in [0.4, 0.5) is 4.39 Å². The Hall–Kier alpha value is -1.48. The standard InChI is InChI=1S/C18H24FNO/c1-4-17(21)12-20-9-7-15(8-10-20)14(3)18-6-5-16(19)11-13(18)2/h5-6,11,15H,3-4,7-10,12H2,1-2H3. The third kappa shape index (κ3) is 4.01. The van der Waals surface area contributed by atoms with Crippen molar-refractivity contribution in [3.8, 4) is 0 Å². The van der Waals surface area contributed by atoms with Gasteiger partial charge in [0.15, 0.2) is 0 Å². The number of halogens is 1. The number of hydrogen-bond acceptors (Lipinski definition) is 2. The topological polar surface area (TPSA) is 20.3 Å². The predicted octanol–water partition coefficient (Wildman–Crippen LogP) is 3.84. The molecule has 2 rings (SSSR count). The van der Waals surface area contributed by atoms with Crippen LogP contribution in [0.1, 0.15) is 37.3 Å². The molecule has 2 nitrogen and oxygen atoms in total. The molecule has 1 aliphatic heterocycles. The Morgan fingerprint density at radius 2 is 2.05 bits per heavy atom. The molecule has 0 radical (unpaired) electrons. The Bertz CT molecular complexity index is 530. The summed E-state index contributed by atoms with van der Waals surface area (Å²) in [5, 5.41) is 0. The SMILES string of the molecule is C=C(c1ccc(F)cc1C)C1CCN(CC(=O)CC)CC1. The molecule has 1 heterocycles. The first kappa shape index (κ1) is 15.9. The van der Waals surface area contributed by atoms with Crippen LogP contribution in [0.25, 0.3) is 5.57 Å². The number of Topliss-reactive ketones (excluding diaryl/α,β-unsaturated/α-hetero) is 1. The van der Waals surface area contributed by atoms with Crippen LogP contribution in [-0.2, 0) is 4.79 Å². The maximum Gasteiger partial charge on any atom is 0.146 e. The van der Waals surface area contributed by atoms with E-state index < -0.39 is 0 Å². The number of hydrogen-bond donors (Lipinski definition) is 0. The third-order valence-electron chi connectivity index (χ3n) is 4.41. The molecule has 1 aromatic rings. The zero-order chi connectivity index (χ0) is 15.4. The Labute approximate surface area is 126 Å². The van der Waals surface area contributed by atoms with Crippen LogP contribution in [0.15, 0.2) is 24.8 Å². The summed E-state index contributed by atoms with van der Waals surface area (Å²) < 4.78 is 13.2. The van der Waals surface area contributed by atoms with Crippen LogP contribution >= 0.6 is 0 Å². The number of nitrogens with zero attached hydrogens (tertiary/aromatic N) is 1. The Morgan fingerprint density at radius 3 is 2.62 bits per heavy atom. The van der Waals surface area contributed by atoms with E-state index in [1.165, 1.54) is 6.07 Å². The highest BCUT2D eigenvalue weighted by atomic mass is 19.1. The van der Waals surface area contributed by atoms with Crippen LogP contribution in [0.5, 0.6) is 0 Å². The van der Waals surface area contributed by atoms with Crippen molar-refractivity contribution < 1.29 is 9.18 Å². The molecule has 1 aromatic carbocycles. The van der Waals surface area contributed by atoms with Gasteiger partial charge in [-0.3, -0.25) is 9.69 Å². The average Bonchev–Trinajstić information content (AvgIpc) is 2.47. The monoisotopic (exact) mass is 289 g/mol. The van der Waals surface area contributed by atoms with Crippen molar-refractivity contribution in [3.05, 3.63) is 41.7 Å². The number of carbonyl (C=O) groups excluding carboxylic acids is 1. The van der Waals surface area contributed by atoms with Crippen molar-refractivity contribution in [2.24, 2.45) is 5.92 Å². The summed E-state index contributed by atoms with van der Waals surface area (Å²) >= 11 is 0. The van der Waals surface area contributed by atoms with Gasteiger partial charge in [0, 0.05) is 6.42 Å². The van der Waals surface area contributed by atoms with E-state index in [1.54, 1.807) is 6.07 Å². The van der Waals surface area contributed by atoms with Gasteiger partial charge in [-0.2, -0.15) is 0 Å². The van der Waals surface area contributed by atoms with Crippen LogP contribution in [0.2, 0.25) is 0 Å². The van der Waals surface area contributed by atoms with Gasteiger partial charge >= 0.3 is 0 Å². The van der Waals surface area contributed by atoms with Gasteiger partial charge in [-0.1, -0.05) is 19.6 Å². The van der Waals surface area contributed by atoms with Crippen LogP contribution < -0.4 is 0 Å². The van der Waals surface area contributed by atoms with Crippen LogP contribution in [-0.4, -0.2) is 30.3 Å². The van der Waals surface area contributed by atoms with E-state index >= 15 is 0 Å². The summed E-state index contributed by atoms with van der Waals surface area (Å²) in [6, 6.07) is 4.90. The normalized spacial score (nSPS) is 16.9. The molecule has 0 atom stereocenters. The second-order valence-electron chi connectivity index (χ2n) is 5.93. The molecule has 114 valence electrons. The van der Waals surface area contributed by atoms with Gasteiger partial charge in [-0.15, -0.1) is 0 Å². The van der Waals surface area contributed by atoms with Crippen molar-refractivity contribution >= 4 is 11.4 Å². The lowest BCUT2D eigenvalue weighted by molar-refractivity contribution is -0.120. The fraction of sp³-hybridized carbons (Fsp3) is 0.500. The molecule has 0 aromatic heterocycles. The van der Waals surface area contributed by atoms with E-state index in [-0.39, 0.29) is 5.82 Å². The molecule has 1 aliphatic rings. The van der Waals surface area contributed by atoms with Gasteiger partial charge in [0.1, 0.15) is 11.6 Å². The van der Waals surface area contributed by atoms with Crippen molar-refractivity contribution in [3.63, 3.8) is 0 Å². The molecule has 0 bridgehead atoms. The highest BCUT2D eigenvalue weighted by Gasteiger charge is 2.23. The number of piperidine rings is 1. The van der Waals surface area contributed by atoms with Crippen molar-refractivity contribution in [1.82, 2.24) is 4.90 Å². The number of benzene rings is 1. The number of aryl methyl sites for hydroxylation is 1. The molecule has 1 saturated heterocycles. The molecule has 21 heavy (non-hydrogen) atoms. The second-order valence-corrected chi connectivity index (χ2v) is 5.93. The number of rotatable bonds is 5. The lowest BCUT2D eigenvalue weighted by atomic mass is 9.84. The quantitative estimate of drug-likeness (QED) is 0.821. The molecule has 0 aliphatic carbocycles. The summed E-state index contributed by atoms with van der Waals surface area (Å²) in [5.74, 6) is 0.542. The Balaban J connectivity index is 1.95. The second kappa shape index (κ2) is 6.99. The number of carbonyl (C=O) groups is 1. The lowest BCUT2D eigenvalue weighted by Crippen LogP contribution is -2.37. The first-order valence-electron chi connectivity index (χ1n) is 7.70. The maximum atomic E-state index is 13.2. The maximum absolute atomic E-state index is 13.2. The largest absolute Gasteiger partial charge is 0.298 e. The summed E-state index contributed by atoms with van der Waals surface area (Å²) in [6.45, 7) is 10.5. The minimum absolute atomic E-state index is 0.197. The Kier molecular flexibility index (Phi) is 5.29.